The maximum atomic E-state index is 11.2. The normalized spacial score (nSPS) is 14.1. The Morgan fingerprint density at radius 2 is 2.00 bits per heavy atom. The van der Waals surface area contributed by atoms with Crippen LogP contribution in [0.3, 0.4) is 0 Å². The first-order valence-electron chi connectivity index (χ1n) is 4.30. The largest absolute Gasteiger partial charge is 0.459 e. The number of carbonyl (C=O) groups excluding carboxylic acids is 1. The topological polar surface area (TPSA) is 26.3 Å². The molecule has 0 aliphatic heterocycles. The second kappa shape index (κ2) is 4.70. The number of esters is 1. The van der Waals surface area contributed by atoms with E-state index in [1.807, 2.05) is 27.7 Å². The van der Waals surface area contributed by atoms with Gasteiger partial charge in [-0.15, -0.1) is 11.6 Å². The Morgan fingerprint density at radius 3 is 2.33 bits per heavy atom. The van der Waals surface area contributed by atoms with E-state index in [9.17, 15) is 4.79 Å². The molecule has 0 N–H and O–H groups in total. The molecule has 0 rings (SSSR count). The lowest BCUT2D eigenvalue weighted by molar-refractivity contribution is -0.156. The van der Waals surface area contributed by atoms with Crippen LogP contribution in [0.2, 0.25) is 0 Å². The van der Waals surface area contributed by atoms with Gasteiger partial charge in [-0.1, -0.05) is 13.8 Å². The van der Waals surface area contributed by atoms with Crippen molar-refractivity contribution in [3.63, 3.8) is 0 Å². The molecule has 0 fully saturated rings. The van der Waals surface area contributed by atoms with Gasteiger partial charge in [0.15, 0.2) is 0 Å². The molecular weight excluding hydrogens is 176 g/mol. The summed E-state index contributed by atoms with van der Waals surface area (Å²) >= 11 is 5.70. The zero-order chi connectivity index (χ0) is 9.78. The molecule has 1 unspecified atom stereocenters. The quantitative estimate of drug-likeness (QED) is 0.506. The highest BCUT2D eigenvalue weighted by Crippen LogP contribution is 2.16. The minimum Gasteiger partial charge on any atom is -0.459 e. The van der Waals surface area contributed by atoms with Crippen LogP contribution in [-0.4, -0.2) is 16.9 Å². The van der Waals surface area contributed by atoms with Crippen molar-refractivity contribution in [1.29, 1.82) is 0 Å². The summed E-state index contributed by atoms with van der Waals surface area (Å²) in [7, 11) is 0. The molecule has 1 atom stereocenters. The third-order valence-corrected chi connectivity index (χ3v) is 2.33. The molecule has 0 aliphatic rings. The van der Waals surface area contributed by atoms with E-state index in [1.165, 1.54) is 0 Å². The van der Waals surface area contributed by atoms with Gasteiger partial charge in [0, 0.05) is 0 Å². The number of ether oxygens (including phenoxy) is 1. The summed E-state index contributed by atoms with van der Waals surface area (Å²) in [4.78, 5) is 11.2. The lowest BCUT2D eigenvalue weighted by Crippen LogP contribution is -2.31. The van der Waals surface area contributed by atoms with Crippen molar-refractivity contribution in [2.24, 2.45) is 0 Å². The van der Waals surface area contributed by atoms with Crippen LogP contribution in [0.1, 0.15) is 40.5 Å². The zero-order valence-corrected chi connectivity index (χ0v) is 8.94. The van der Waals surface area contributed by atoms with Crippen LogP contribution in [0.5, 0.6) is 0 Å². The van der Waals surface area contributed by atoms with E-state index < -0.39 is 5.38 Å². The van der Waals surface area contributed by atoms with E-state index in [0.717, 1.165) is 6.42 Å². The summed E-state index contributed by atoms with van der Waals surface area (Å²) in [6.45, 7) is 7.59. The maximum absolute atomic E-state index is 11.2. The van der Waals surface area contributed by atoms with Crippen LogP contribution in [0.25, 0.3) is 0 Å². The standard InChI is InChI=1S/C9H17ClO2/c1-5-7(10)8(11)12-9(3,4)6-2/h7H,5-6H2,1-4H3. The first-order chi connectivity index (χ1) is 5.43. The summed E-state index contributed by atoms with van der Waals surface area (Å²) in [5, 5.41) is -0.504. The summed E-state index contributed by atoms with van der Waals surface area (Å²) in [5.74, 6) is -0.314. The van der Waals surface area contributed by atoms with Gasteiger partial charge >= 0.3 is 5.97 Å². The maximum Gasteiger partial charge on any atom is 0.324 e. The fourth-order valence-corrected chi connectivity index (χ4v) is 0.620. The monoisotopic (exact) mass is 192 g/mol. The van der Waals surface area contributed by atoms with Crippen molar-refractivity contribution >= 4 is 17.6 Å². The van der Waals surface area contributed by atoms with Crippen LogP contribution in [0.4, 0.5) is 0 Å². The average Bonchev–Trinajstić information content (AvgIpc) is 2.02. The van der Waals surface area contributed by atoms with Crippen molar-refractivity contribution in [2.45, 2.75) is 51.5 Å². The highest BCUT2D eigenvalue weighted by molar-refractivity contribution is 6.29. The molecule has 12 heavy (non-hydrogen) atoms. The van der Waals surface area contributed by atoms with Crippen LogP contribution in [-0.2, 0) is 9.53 Å². The first kappa shape index (κ1) is 11.8. The number of alkyl halides is 1. The molecule has 0 spiro atoms. The average molecular weight is 193 g/mol. The fourth-order valence-electron chi connectivity index (χ4n) is 0.575. The molecule has 0 aromatic rings. The van der Waals surface area contributed by atoms with Crippen LogP contribution in [0.15, 0.2) is 0 Å². The van der Waals surface area contributed by atoms with Gasteiger partial charge in [0.05, 0.1) is 0 Å². The zero-order valence-electron chi connectivity index (χ0n) is 8.19. The van der Waals surface area contributed by atoms with Crippen molar-refractivity contribution in [3.05, 3.63) is 0 Å². The van der Waals surface area contributed by atoms with Crippen LogP contribution >= 0.6 is 11.6 Å². The Balaban J connectivity index is 4.00. The Kier molecular flexibility index (Phi) is 4.61. The second-order valence-electron chi connectivity index (χ2n) is 3.41. The van der Waals surface area contributed by atoms with E-state index in [0.29, 0.717) is 6.42 Å². The minimum absolute atomic E-state index is 0.314. The molecule has 0 aromatic carbocycles. The third-order valence-electron chi connectivity index (χ3n) is 1.84. The molecule has 0 radical (unpaired) electrons. The summed E-state index contributed by atoms with van der Waals surface area (Å²) in [6, 6.07) is 0. The Morgan fingerprint density at radius 1 is 1.50 bits per heavy atom. The summed E-state index contributed by atoms with van der Waals surface area (Å²) in [6.07, 6.45) is 1.41. The van der Waals surface area contributed by atoms with Gasteiger partial charge in [0.1, 0.15) is 11.0 Å². The van der Waals surface area contributed by atoms with Gasteiger partial charge in [-0.05, 0) is 26.7 Å². The van der Waals surface area contributed by atoms with Crippen LogP contribution in [0, 0.1) is 0 Å². The van der Waals surface area contributed by atoms with E-state index >= 15 is 0 Å². The molecule has 0 bridgehead atoms. The van der Waals surface area contributed by atoms with Gasteiger partial charge in [-0.2, -0.15) is 0 Å². The van der Waals surface area contributed by atoms with Gasteiger partial charge in [0.2, 0.25) is 0 Å². The first-order valence-corrected chi connectivity index (χ1v) is 4.73. The smallest absolute Gasteiger partial charge is 0.324 e. The Hall–Kier alpha value is -0.240. The van der Waals surface area contributed by atoms with Crippen molar-refractivity contribution in [1.82, 2.24) is 0 Å². The SMILES string of the molecule is CCC(Cl)C(=O)OC(C)(C)CC. The highest BCUT2D eigenvalue weighted by Gasteiger charge is 2.24. The predicted octanol–water partition coefficient (Wildman–Crippen LogP) is 2.74. The molecule has 0 aliphatic carbocycles. The van der Waals surface area contributed by atoms with Gasteiger partial charge in [-0.3, -0.25) is 4.79 Å². The molecule has 0 aromatic heterocycles. The molecule has 0 heterocycles. The number of hydrogen-bond acceptors (Lipinski definition) is 2. The molecule has 0 saturated carbocycles. The van der Waals surface area contributed by atoms with Gasteiger partial charge in [-0.25, -0.2) is 0 Å². The lowest BCUT2D eigenvalue weighted by Gasteiger charge is -2.24. The number of carbonyl (C=O) groups is 1. The van der Waals surface area contributed by atoms with Crippen molar-refractivity contribution in [2.75, 3.05) is 0 Å². The van der Waals surface area contributed by atoms with Crippen molar-refractivity contribution < 1.29 is 9.53 Å². The molecule has 3 heteroatoms. The number of halogens is 1. The van der Waals surface area contributed by atoms with Gasteiger partial charge in [0.25, 0.3) is 0 Å². The van der Waals surface area contributed by atoms with Crippen molar-refractivity contribution in [3.8, 4) is 0 Å². The molecule has 72 valence electrons. The van der Waals surface area contributed by atoms with E-state index in [4.69, 9.17) is 16.3 Å². The lowest BCUT2D eigenvalue weighted by atomic mass is 10.1. The molecule has 0 saturated heterocycles. The number of rotatable bonds is 4. The summed E-state index contributed by atoms with van der Waals surface area (Å²) < 4.78 is 5.17. The fraction of sp³-hybridized carbons (Fsp3) is 0.889. The predicted molar refractivity (Wildman–Crippen MR) is 50.4 cm³/mol. The molecular formula is C9H17ClO2. The molecule has 0 amide bonds. The Bertz CT molecular complexity index is 155. The Labute approximate surface area is 79.2 Å². The van der Waals surface area contributed by atoms with E-state index in [2.05, 4.69) is 0 Å². The van der Waals surface area contributed by atoms with Gasteiger partial charge < -0.3 is 4.74 Å². The third kappa shape index (κ3) is 3.96. The van der Waals surface area contributed by atoms with E-state index in [1.54, 1.807) is 0 Å². The summed E-state index contributed by atoms with van der Waals surface area (Å²) in [5.41, 5.74) is -0.389. The molecule has 2 nitrogen and oxygen atoms in total. The number of hydrogen-bond donors (Lipinski definition) is 0. The highest BCUT2D eigenvalue weighted by atomic mass is 35.5. The van der Waals surface area contributed by atoms with Crippen LogP contribution < -0.4 is 0 Å². The second-order valence-corrected chi connectivity index (χ2v) is 3.94. The van der Waals surface area contributed by atoms with E-state index in [-0.39, 0.29) is 11.6 Å². The minimum atomic E-state index is -0.504.